The first-order valence-corrected chi connectivity index (χ1v) is 7.66. The number of phenolic OH excluding ortho intramolecular Hbond substituents is 1. The number of hydrogen-bond acceptors (Lipinski definition) is 4. The first-order chi connectivity index (χ1) is 11.0. The summed E-state index contributed by atoms with van der Waals surface area (Å²) in [4.78, 5) is 0. The number of anilines is 1. The van der Waals surface area contributed by atoms with Crippen molar-refractivity contribution in [1.29, 1.82) is 0 Å². The number of rotatable bonds is 2. The molecule has 2 aliphatic heterocycles. The van der Waals surface area contributed by atoms with E-state index < -0.39 is 0 Å². The molecule has 2 aromatic carbocycles. The van der Waals surface area contributed by atoms with Crippen LogP contribution in [0.2, 0.25) is 0 Å². The van der Waals surface area contributed by atoms with E-state index in [-0.39, 0.29) is 11.3 Å². The number of nitrogens with one attached hydrogen (secondary N) is 1. The SMILES string of the molecule is COc1cccc(O)c1-c1ccc2c3c1COC3=CC(C)(C)N2. The molecule has 0 aliphatic carbocycles. The second-order valence-electron chi connectivity index (χ2n) is 6.51. The van der Waals surface area contributed by atoms with Gasteiger partial charge in [-0.05, 0) is 43.7 Å². The van der Waals surface area contributed by atoms with Crippen molar-refractivity contribution in [2.45, 2.75) is 26.0 Å². The van der Waals surface area contributed by atoms with Gasteiger partial charge >= 0.3 is 0 Å². The van der Waals surface area contributed by atoms with Gasteiger partial charge in [-0.25, -0.2) is 0 Å². The topological polar surface area (TPSA) is 50.7 Å². The molecule has 0 saturated heterocycles. The van der Waals surface area contributed by atoms with Crippen LogP contribution in [-0.4, -0.2) is 17.8 Å². The summed E-state index contributed by atoms with van der Waals surface area (Å²) in [5.74, 6) is 1.78. The monoisotopic (exact) mass is 309 g/mol. The van der Waals surface area contributed by atoms with E-state index in [0.29, 0.717) is 17.9 Å². The minimum Gasteiger partial charge on any atom is -0.507 e. The van der Waals surface area contributed by atoms with E-state index in [1.165, 1.54) is 0 Å². The molecule has 2 aliphatic rings. The van der Waals surface area contributed by atoms with Crippen LogP contribution in [0.3, 0.4) is 0 Å². The van der Waals surface area contributed by atoms with Crippen molar-refractivity contribution >= 4 is 11.4 Å². The van der Waals surface area contributed by atoms with Gasteiger partial charge in [0.25, 0.3) is 0 Å². The Bertz CT molecular complexity index is 837. The summed E-state index contributed by atoms with van der Waals surface area (Å²) in [7, 11) is 1.61. The largest absolute Gasteiger partial charge is 0.507 e. The maximum atomic E-state index is 10.3. The highest BCUT2D eigenvalue weighted by Gasteiger charge is 2.33. The molecule has 23 heavy (non-hydrogen) atoms. The Hall–Kier alpha value is -2.62. The fraction of sp³-hybridized carbons (Fsp3) is 0.263. The standard InChI is InChI=1S/C19H19NO3/c1-19(2)9-16-17-12(10-23-16)11(7-8-13(17)20-19)18-14(21)5-4-6-15(18)22-3/h4-9,20-21H,10H2,1-3H3. The minimum atomic E-state index is -0.141. The van der Waals surface area contributed by atoms with Crippen LogP contribution in [0.5, 0.6) is 11.5 Å². The summed E-state index contributed by atoms with van der Waals surface area (Å²) < 4.78 is 11.4. The Labute approximate surface area is 135 Å². The van der Waals surface area contributed by atoms with Crippen LogP contribution in [0, 0.1) is 0 Å². The summed E-state index contributed by atoms with van der Waals surface area (Å²) >= 11 is 0. The lowest BCUT2D eigenvalue weighted by Crippen LogP contribution is -2.31. The molecule has 0 atom stereocenters. The predicted molar refractivity (Wildman–Crippen MR) is 90.6 cm³/mol. The molecule has 0 saturated carbocycles. The average Bonchev–Trinajstić information content (AvgIpc) is 2.91. The van der Waals surface area contributed by atoms with Crippen LogP contribution in [0.1, 0.15) is 25.0 Å². The summed E-state index contributed by atoms with van der Waals surface area (Å²) in [6.45, 7) is 4.73. The van der Waals surface area contributed by atoms with Gasteiger partial charge in [-0.2, -0.15) is 0 Å². The highest BCUT2D eigenvalue weighted by atomic mass is 16.5. The first-order valence-electron chi connectivity index (χ1n) is 7.66. The minimum absolute atomic E-state index is 0.141. The molecule has 4 nitrogen and oxygen atoms in total. The Kier molecular flexibility index (Phi) is 2.85. The average molecular weight is 309 g/mol. The normalized spacial score (nSPS) is 16.9. The third kappa shape index (κ3) is 2.05. The zero-order chi connectivity index (χ0) is 16.2. The van der Waals surface area contributed by atoms with E-state index in [1.54, 1.807) is 19.2 Å². The fourth-order valence-electron chi connectivity index (χ4n) is 3.42. The second-order valence-corrected chi connectivity index (χ2v) is 6.51. The zero-order valence-electron chi connectivity index (χ0n) is 13.4. The maximum Gasteiger partial charge on any atom is 0.130 e. The van der Waals surface area contributed by atoms with E-state index >= 15 is 0 Å². The lowest BCUT2D eigenvalue weighted by molar-refractivity contribution is 0.283. The van der Waals surface area contributed by atoms with E-state index in [2.05, 4.69) is 25.2 Å². The number of phenols is 1. The van der Waals surface area contributed by atoms with Gasteiger partial charge in [-0.15, -0.1) is 0 Å². The number of hydrogen-bond donors (Lipinski definition) is 2. The highest BCUT2D eigenvalue weighted by molar-refractivity contribution is 5.90. The Morgan fingerprint density at radius 2 is 2.00 bits per heavy atom. The van der Waals surface area contributed by atoms with Gasteiger partial charge in [0.05, 0.1) is 18.2 Å². The van der Waals surface area contributed by atoms with Crippen LogP contribution in [0.15, 0.2) is 36.4 Å². The number of ether oxygens (including phenoxy) is 2. The summed E-state index contributed by atoms with van der Waals surface area (Å²) in [6.07, 6.45) is 2.11. The third-order valence-corrected chi connectivity index (χ3v) is 4.37. The molecule has 0 aromatic heterocycles. The first kappa shape index (κ1) is 14.0. The van der Waals surface area contributed by atoms with Gasteiger partial charge in [-0.3, -0.25) is 0 Å². The maximum absolute atomic E-state index is 10.3. The van der Waals surface area contributed by atoms with Crippen LogP contribution < -0.4 is 10.1 Å². The van der Waals surface area contributed by atoms with E-state index in [9.17, 15) is 5.11 Å². The molecule has 2 aromatic rings. The molecule has 4 rings (SSSR count). The molecule has 0 spiro atoms. The smallest absolute Gasteiger partial charge is 0.130 e. The molecular weight excluding hydrogens is 290 g/mol. The summed E-state index contributed by atoms with van der Waals surface area (Å²) in [5.41, 5.74) is 4.76. The van der Waals surface area contributed by atoms with Crippen LogP contribution in [0.25, 0.3) is 16.9 Å². The molecule has 4 heteroatoms. The van der Waals surface area contributed by atoms with Gasteiger partial charge in [0.2, 0.25) is 0 Å². The number of benzene rings is 2. The number of methoxy groups -OCH3 is 1. The molecule has 118 valence electrons. The Morgan fingerprint density at radius 3 is 2.78 bits per heavy atom. The lowest BCUT2D eigenvalue weighted by Gasteiger charge is -2.30. The molecule has 0 bridgehead atoms. The van der Waals surface area contributed by atoms with Crippen molar-refractivity contribution in [3.05, 3.63) is 47.5 Å². The quantitative estimate of drug-likeness (QED) is 0.875. The van der Waals surface area contributed by atoms with Gasteiger partial charge in [0, 0.05) is 16.8 Å². The van der Waals surface area contributed by atoms with Gasteiger partial charge in [0.15, 0.2) is 0 Å². The van der Waals surface area contributed by atoms with Crippen LogP contribution >= 0.6 is 0 Å². The highest BCUT2D eigenvalue weighted by Crippen LogP contribution is 2.48. The van der Waals surface area contributed by atoms with Crippen molar-refractivity contribution in [2.75, 3.05) is 12.4 Å². The van der Waals surface area contributed by atoms with E-state index in [0.717, 1.165) is 28.1 Å². The molecule has 0 amide bonds. The van der Waals surface area contributed by atoms with Crippen LogP contribution in [0.4, 0.5) is 5.69 Å². The van der Waals surface area contributed by atoms with Crippen LogP contribution in [-0.2, 0) is 11.3 Å². The van der Waals surface area contributed by atoms with Gasteiger partial charge in [0.1, 0.15) is 23.9 Å². The molecule has 0 radical (unpaired) electrons. The molecule has 0 fully saturated rings. The third-order valence-electron chi connectivity index (χ3n) is 4.37. The number of aromatic hydroxyl groups is 1. The molecule has 2 N–H and O–H groups in total. The van der Waals surface area contributed by atoms with Crippen molar-refractivity contribution in [1.82, 2.24) is 0 Å². The lowest BCUT2D eigenvalue weighted by atomic mass is 9.89. The van der Waals surface area contributed by atoms with Gasteiger partial charge < -0.3 is 19.9 Å². The predicted octanol–water partition coefficient (Wildman–Crippen LogP) is 4.14. The van der Waals surface area contributed by atoms with Gasteiger partial charge in [-0.1, -0.05) is 12.1 Å². The van der Waals surface area contributed by atoms with Crippen molar-refractivity contribution in [3.63, 3.8) is 0 Å². The van der Waals surface area contributed by atoms with E-state index in [4.69, 9.17) is 9.47 Å². The van der Waals surface area contributed by atoms with E-state index in [1.807, 2.05) is 18.2 Å². The van der Waals surface area contributed by atoms with Crippen molar-refractivity contribution < 1.29 is 14.6 Å². The summed E-state index contributed by atoms with van der Waals surface area (Å²) in [5, 5.41) is 13.9. The van der Waals surface area contributed by atoms with Crippen molar-refractivity contribution in [2.24, 2.45) is 0 Å². The van der Waals surface area contributed by atoms with Crippen molar-refractivity contribution in [3.8, 4) is 22.6 Å². The zero-order valence-corrected chi connectivity index (χ0v) is 13.4. The Balaban J connectivity index is 1.96. The molecular formula is C19H19NO3. The molecule has 0 unspecified atom stereocenters. The molecule has 2 heterocycles. The fourth-order valence-corrected chi connectivity index (χ4v) is 3.42. The Morgan fingerprint density at radius 1 is 1.17 bits per heavy atom. The second kappa shape index (κ2) is 4.69. The summed E-state index contributed by atoms with van der Waals surface area (Å²) in [6, 6.07) is 9.38.